The molecule has 0 fully saturated rings. The van der Waals surface area contributed by atoms with E-state index in [9.17, 15) is 9.59 Å². The Hall–Kier alpha value is -2.42. The Morgan fingerprint density at radius 3 is 2.52 bits per heavy atom. The molecule has 0 unspecified atom stereocenters. The second kappa shape index (κ2) is 6.84. The zero-order valence-corrected chi connectivity index (χ0v) is 12.3. The molecule has 1 amide bonds. The number of benzene rings is 2. The molecule has 2 aromatic rings. The van der Waals surface area contributed by atoms with E-state index in [1.807, 2.05) is 25.1 Å². The van der Waals surface area contributed by atoms with Crippen molar-refractivity contribution < 1.29 is 9.59 Å². The highest BCUT2D eigenvalue weighted by atomic mass is 16.1. The van der Waals surface area contributed by atoms with Crippen molar-refractivity contribution in [1.29, 1.82) is 0 Å². The summed E-state index contributed by atoms with van der Waals surface area (Å²) in [5, 5.41) is 2.83. The number of Topliss-reactive ketones (excluding diaryl/α,β-unsaturated/α-hetero) is 1. The van der Waals surface area contributed by atoms with Crippen LogP contribution in [0.2, 0.25) is 0 Å². The molecule has 3 nitrogen and oxygen atoms in total. The molecule has 2 rings (SSSR count). The molecule has 21 heavy (non-hydrogen) atoms. The van der Waals surface area contributed by atoms with Crippen LogP contribution in [0.25, 0.3) is 0 Å². The minimum atomic E-state index is -0.0443. The van der Waals surface area contributed by atoms with E-state index in [2.05, 4.69) is 11.4 Å². The van der Waals surface area contributed by atoms with Gasteiger partial charge in [0.25, 0.3) is 0 Å². The number of hydrogen-bond donors (Lipinski definition) is 1. The molecule has 1 N–H and O–H groups in total. The number of amides is 1. The third-order valence-electron chi connectivity index (χ3n) is 3.28. The number of aryl methyl sites for hydroxylation is 2. The Balaban J connectivity index is 1.93. The van der Waals surface area contributed by atoms with Crippen LogP contribution in [0.1, 0.15) is 34.8 Å². The molecule has 0 aliphatic carbocycles. The Morgan fingerprint density at radius 1 is 1.05 bits per heavy atom. The zero-order chi connectivity index (χ0) is 15.2. The van der Waals surface area contributed by atoms with Crippen LogP contribution in [0.5, 0.6) is 0 Å². The van der Waals surface area contributed by atoms with Crippen LogP contribution < -0.4 is 5.32 Å². The lowest BCUT2D eigenvalue weighted by atomic mass is 10.1. The fourth-order valence-electron chi connectivity index (χ4n) is 2.16. The van der Waals surface area contributed by atoms with E-state index in [4.69, 9.17) is 0 Å². The highest BCUT2D eigenvalue weighted by Gasteiger charge is 2.05. The first-order valence-corrected chi connectivity index (χ1v) is 7.01. The SMILES string of the molecule is CC(=O)c1cccc(NC(=O)CCc2cccc(C)c2)c1. The molecule has 2 aromatic carbocycles. The number of rotatable bonds is 5. The van der Waals surface area contributed by atoms with Gasteiger partial charge < -0.3 is 5.32 Å². The van der Waals surface area contributed by atoms with Gasteiger partial charge in [-0.05, 0) is 38.0 Å². The number of hydrogen-bond acceptors (Lipinski definition) is 2. The van der Waals surface area contributed by atoms with Gasteiger partial charge >= 0.3 is 0 Å². The van der Waals surface area contributed by atoms with E-state index in [-0.39, 0.29) is 11.7 Å². The Morgan fingerprint density at radius 2 is 1.81 bits per heavy atom. The average Bonchev–Trinajstić information content (AvgIpc) is 2.45. The predicted molar refractivity (Wildman–Crippen MR) is 84.6 cm³/mol. The molecule has 0 saturated heterocycles. The normalized spacial score (nSPS) is 10.2. The monoisotopic (exact) mass is 281 g/mol. The quantitative estimate of drug-likeness (QED) is 0.848. The van der Waals surface area contributed by atoms with Gasteiger partial charge in [0.15, 0.2) is 5.78 Å². The highest BCUT2D eigenvalue weighted by Crippen LogP contribution is 2.12. The molecule has 108 valence electrons. The Bertz CT molecular complexity index is 662. The summed E-state index contributed by atoms with van der Waals surface area (Å²) in [5.74, 6) is -0.0527. The maximum atomic E-state index is 12.0. The number of anilines is 1. The van der Waals surface area contributed by atoms with E-state index < -0.39 is 0 Å². The van der Waals surface area contributed by atoms with Gasteiger partial charge in [-0.2, -0.15) is 0 Å². The molecular weight excluding hydrogens is 262 g/mol. The number of ketones is 1. The van der Waals surface area contributed by atoms with Crippen molar-refractivity contribution in [2.45, 2.75) is 26.7 Å². The lowest BCUT2D eigenvalue weighted by molar-refractivity contribution is -0.116. The number of nitrogens with one attached hydrogen (secondary N) is 1. The Labute approximate surface area is 125 Å². The summed E-state index contributed by atoms with van der Waals surface area (Å²) in [6, 6.07) is 15.2. The molecule has 0 atom stereocenters. The standard InChI is InChI=1S/C18H19NO2/c1-13-5-3-6-15(11-13)9-10-18(21)19-17-8-4-7-16(12-17)14(2)20/h3-8,11-12H,9-10H2,1-2H3,(H,19,21). The second-order valence-corrected chi connectivity index (χ2v) is 5.17. The van der Waals surface area contributed by atoms with Crippen LogP contribution in [0.3, 0.4) is 0 Å². The van der Waals surface area contributed by atoms with E-state index in [1.165, 1.54) is 12.5 Å². The second-order valence-electron chi connectivity index (χ2n) is 5.17. The molecule has 0 aliphatic rings. The predicted octanol–water partition coefficient (Wildman–Crippen LogP) is 3.77. The van der Waals surface area contributed by atoms with Crippen LogP contribution >= 0.6 is 0 Å². The minimum Gasteiger partial charge on any atom is -0.326 e. The molecule has 0 heterocycles. The molecule has 0 aromatic heterocycles. The smallest absolute Gasteiger partial charge is 0.224 e. The number of carbonyl (C=O) groups excluding carboxylic acids is 2. The van der Waals surface area contributed by atoms with Gasteiger partial charge in [-0.3, -0.25) is 9.59 Å². The third kappa shape index (κ3) is 4.56. The molecule has 0 radical (unpaired) electrons. The first kappa shape index (κ1) is 15.0. The van der Waals surface area contributed by atoms with Crippen LogP contribution in [0.15, 0.2) is 48.5 Å². The fraction of sp³-hybridized carbons (Fsp3) is 0.222. The lowest BCUT2D eigenvalue weighted by Gasteiger charge is -2.07. The minimum absolute atomic E-state index is 0.00846. The summed E-state index contributed by atoms with van der Waals surface area (Å²) >= 11 is 0. The van der Waals surface area contributed by atoms with Gasteiger partial charge in [-0.15, -0.1) is 0 Å². The maximum absolute atomic E-state index is 12.0. The molecule has 0 spiro atoms. The first-order valence-electron chi connectivity index (χ1n) is 7.01. The van der Waals surface area contributed by atoms with Crippen LogP contribution in [-0.2, 0) is 11.2 Å². The largest absolute Gasteiger partial charge is 0.326 e. The summed E-state index contributed by atoms with van der Waals surface area (Å²) in [6.45, 7) is 3.55. The summed E-state index contributed by atoms with van der Waals surface area (Å²) in [4.78, 5) is 23.3. The van der Waals surface area contributed by atoms with Crippen molar-refractivity contribution in [3.8, 4) is 0 Å². The van der Waals surface area contributed by atoms with E-state index >= 15 is 0 Å². The molecule has 0 saturated carbocycles. The zero-order valence-electron chi connectivity index (χ0n) is 12.3. The fourth-order valence-corrected chi connectivity index (χ4v) is 2.16. The molecule has 0 aliphatic heterocycles. The molecular formula is C18H19NO2. The van der Waals surface area contributed by atoms with Crippen molar-refractivity contribution in [2.75, 3.05) is 5.32 Å². The van der Waals surface area contributed by atoms with Gasteiger partial charge in [0.1, 0.15) is 0 Å². The summed E-state index contributed by atoms with van der Waals surface area (Å²) in [6.07, 6.45) is 1.13. The van der Waals surface area contributed by atoms with E-state index in [1.54, 1.807) is 24.3 Å². The number of carbonyl (C=O) groups is 2. The van der Waals surface area contributed by atoms with Gasteiger partial charge in [0.05, 0.1) is 0 Å². The average molecular weight is 281 g/mol. The Kier molecular flexibility index (Phi) is 4.88. The van der Waals surface area contributed by atoms with Crippen molar-refractivity contribution in [2.24, 2.45) is 0 Å². The third-order valence-corrected chi connectivity index (χ3v) is 3.28. The van der Waals surface area contributed by atoms with Gasteiger partial charge in [0.2, 0.25) is 5.91 Å². The van der Waals surface area contributed by atoms with Crippen LogP contribution in [0.4, 0.5) is 5.69 Å². The van der Waals surface area contributed by atoms with Crippen molar-refractivity contribution in [3.63, 3.8) is 0 Å². The first-order chi connectivity index (χ1) is 10.0. The summed E-state index contributed by atoms with van der Waals surface area (Å²) < 4.78 is 0. The highest BCUT2D eigenvalue weighted by molar-refractivity contribution is 5.97. The topological polar surface area (TPSA) is 46.2 Å². The van der Waals surface area contributed by atoms with Gasteiger partial charge in [-0.1, -0.05) is 42.0 Å². The maximum Gasteiger partial charge on any atom is 0.224 e. The van der Waals surface area contributed by atoms with Crippen molar-refractivity contribution >= 4 is 17.4 Å². The van der Waals surface area contributed by atoms with Crippen LogP contribution in [0, 0.1) is 6.92 Å². The van der Waals surface area contributed by atoms with Gasteiger partial charge in [-0.25, -0.2) is 0 Å². The van der Waals surface area contributed by atoms with Crippen molar-refractivity contribution in [1.82, 2.24) is 0 Å². The molecule has 0 bridgehead atoms. The summed E-state index contributed by atoms with van der Waals surface area (Å²) in [7, 11) is 0. The van der Waals surface area contributed by atoms with Crippen molar-refractivity contribution in [3.05, 3.63) is 65.2 Å². The van der Waals surface area contributed by atoms with Crippen LogP contribution in [-0.4, -0.2) is 11.7 Å². The van der Waals surface area contributed by atoms with E-state index in [0.29, 0.717) is 24.1 Å². The van der Waals surface area contributed by atoms with E-state index in [0.717, 1.165) is 5.56 Å². The lowest BCUT2D eigenvalue weighted by Crippen LogP contribution is -2.12. The summed E-state index contributed by atoms with van der Waals surface area (Å²) in [5.41, 5.74) is 3.62. The molecule has 3 heteroatoms. The van der Waals surface area contributed by atoms with Gasteiger partial charge in [0, 0.05) is 17.7 Å².